The van der Waals surface area contributed by atoms with Crippen LogP contribution in [0, 0.1) is 5.82 Å². The Bertz CT molecular complexity index is 1530. The molecule has 3 aliphatic heterocycles. The van der Waals surface area contributed by atoms with Crippen molar-refractivity contribution < 1.29 is 27.4 Å². The first-order valence-corrected chi connectivity index (χ1v) is 15.5. The van der Waals surface area contributed by atoms with Gasteiger partial charge in [0.25, 0.3) is 0 Å². The van der Waals surface area contributed by atoms with E-state index in [1.807, 2.05) is 36.4 Å². The summed E-state index contributed by atoms with van der Waals surface area (Å²) >= 11 is 0. The molecule has 10 heteroatoms. The lowest BCUT2D eigenvalue weighted by Crippen LogP contribution is -2.59. The molecule has 2 saturated heterocycles. The quantitative estimate of drug-likeness (QED) is 0.493. The lowest BCUT2D eigenvalue weighted by molar-refractivity contribution is -0.127. The number of hydrogen-bond acceptors (Lipinski definition) is 6. The SMILES string of the molecule is O=C1NC2(CCOc3cc(-c4ccccc4)ccc3S(=O)(=O)N3C[C@H](O)C[C@@H]13)CCN(Cc1cccc(F)c1)CC2. The molecule has 2 N–H and O–H groups in total. The Morgan fingerprint density at radius 1 is 0.976 bits per heavy atom. The highest BCUT2D eigenvalue weighted by Crippen LogP contribution is 2.37. The monoisotopic (exact) mass is 579 g/mol. The number of rotatable bonds is 3. The van der Waals surface area contributed by atoms with Gasteiger partial charge in [0.15, 0.2) is 0 Å². The summed E-state index contributed by atoms with van der Waals surface area (Å²) in [4.78, 5) is 15.9. The number of piperidine rings is 1. The molecule has 3 heterocycles. The Morgan fingerprint density at radius 3 is 2.51 bits per heavy atom. The first kappa shape index (κ1) is 27.8. The molecule has 3 aromatic carbocycles. The van der Waals surface area contributed by atoms with E-state index in [0.29, 0.717) is 38.9 Å². The van der Waals surface area contributed by atoms with Gasteiger partial charge in [0.2, 0.25) is 15.9 Å². The highest BCUT2D eigenvalue weighted by Gasteiger charge is 2.47. The van der Waals surface area contributed by atoms with Crippen LogP contribution in [0.25, 0.3) is 11.1 Å². The van der Waals surface area contributed by atoms with Crippen LogP contribution in [0.4, 0.5) is 4.39 Å². The number of aliphatic hydroxyl groups excluding tert-OH is 1. The van der Waals surface area contributed by atoms with Crippen molar-refractivity contribution in [2.45, 2.75) is 54.8 Å². The average molecular weight is 580 g/mol. The summed E-state index contributed by atoms with van der Waals surface area (Å²) in [6.45, 7) is 2.03. The van der Waals surface area contributed by atoms with Crippen molar-refractivity contribution in [2.24, 2.45) is 0 Å². The van der Waals surface area contributed by atoms with Crippen molar-refractivity contribution >= 4 is 15.9 Å². The number of aliphatic hydroxyl groups is 1. The van der Waals surface area contributed by atoms with Gasteiger partial charge in [-0.25, -0.2) is 12.8 Å². The Balaban J connectivity index is 1.30. The Labute approximate surface area is 239 Å². The molecule has 0 saturated carbocycles. The van der Waals surface area contributed by atoms with Gasteiger partial charge in [-0.15, -0.1) is 0 Å². The predicted octanol–water partition coefficient (Wildman–Crippen LogP) is 3.55. The van der Waals surface area contributed by atoms with Crippen molar-refractivity contribution in [1.29, 1.82) is 0 Å². The van der Waals surface area contributed by atoms with Gasteiger partial charge < -0.3 is 15.2 Å². The minimum atomic E-state index is -4.14. The van der Waals surface area contributed by atoms with Crippen LogP contribution in [0.15, 0.2) is 77.7 Å². The number of amides is 1. The standard InChI is InChI=1S/C31H34FN3O5S/c32-25-8-4-5-22(17-25)20-34-14-11-31(12-15-34)13-16-40-28-18-24(23-6-2-1-3-7-23)9-10-29(28)41(38,39)35-21-26(36)19-27(35)30(37)33-31/h1-10,17-18,26-27,36H,11-16,19-21H2,(H,33,37)/t26-,27+/m1/s1. The summed E-state index contributed by atoms with van der Waals surface area (Å²) in [5, 5.41) is 13.7. The van der Waals surface area contributed by atoms with Crippen molar-refractivity contribution in [3.8, 4) is 16.9 Å². The number of hydrogen-bond donors (Lipinski definition) is 2. The normalized spacial score (nSPS) is 24.5. The minimum Gasteiger partial charge on any atom is -0.492 e. The summed E-state index contributed by atoms with van der Waals surface area (Å²) in [5.41, 5.74) is 2.04. The van der Waals surface area contributed by atoms with E-state index in [0.717, 1.165) is 21.0 Å². The maximum absolute atomic E-state index is 13.9. The minimum absolute atomic E-state index is 0.00931. The third kappa shape index (κ3) is 5.74. The van der Waals surface area contributed by atoms with Gasteiger partial charge in [-0.05, 0) is 53.8 Å². The van der Waals surface area contributed by atoms with E-state index in [2.05, 4.69) is 10.2 Å². The van der Waals surface area contributed by atoms with Crippen molar-refractivity contribution in [3.05, 3.63) is 84.2 Å². The summed E-state index contributed by atoms with van der Waals surface area (Å²) in [5.74, 6) is -0.426. The van der Waals surface area contributed by atoms with Crippen molar-refractivity contribution in [2.75, 3.05) is 26.2 Å². The molecule has 0 aliphatic carbocycles. The second-order valence-corrected chi connectivity index (χ2v) is 13.1. The fourth-order valence-electron chi connectivity index (χ4n) is 6.23. The van der Waals surface area contributed by atoms with E-state index < -0.39 is 33.6 Å². The molecule has 0 aromatic heterocycles. The molecule has 0 radical (unpaired) electrons. The molecule has 41 heavy (non-hydrogen) atoms. The largest absolute Gasteiger partial charge is 0.492 e. The second kappa shape index (κ2) is 11.2. The van der Waals surface area contributed by atoms with E-state index in [4.69, 9.17) is 4.74 Å². The first-order valence-electron chi connectivity index (χ1n) is 14.0. The maximum atomic E-state index is 13.9. The number of nitrogens with zero attached hydrogens (tertiary/aromatic N) is 2. The lowest BCUT2D eigenvalue weighted by atomic mass is 9.84. The topological polar surface area (TPSA) is 99.2 Å². The number of sulfonamides is 1. The molecule has 0 unspecified atom stereocenters. The molecule has 8 nitrogen and oxygen atoms in total. The number of carbonyl (C=O) groups is 1. The van der Waals surface area contributed by atoms with Crippen LogP contribution in [0.2, 0.25) is 0 Å². The molecule has 3 aliphatic rings. The number of carbonyl (C=O) groups excluding carboxylic acids is 1. The third-order valence-electron chi connectivity index (χ3n) is 8.51. The maximum Gasteiger partial charge on any atom is 0.247 e. The number of likely N-dealkylation sites (tertiary alicyclic amines) is 1. The zero-order chi connectivity index (χ0) is 28.6. The fraction of sp³-hybridized carbons (Fsp3) is 0.387. The summed E-state index contributed by atoms with van der Waals surface area (Å²) < 4.78 is 48.9. The highest BCUT2D eigenvalue weighted by molar-refractivity contribution is 7.89. The molecule has 1 spiro atoms. The molecule has 2 atom stereocenters. The van der Waals surface area contributed by atoms with Crippen molar-refractivity contribution in [3.63, 3.8) is 0 Å². The fourth-order valence-corrected chi connectivity index (χ4v) is 7.98. The summed E-state index contributed by atoms with van der Waals surface area (Å²) in [6, 6.07) is 20.2. The van der Waals surface area contributed by atoms with Crippen LogP contribution in [-0.2, 0) is 21.4 Å². The van der Waals surface area contributed by atoms with Gasteiger partial charge in [-0.2, -0.15) is 4.31 Å². The van der Waals surface area contributed by atoms with Crippen LogP contribution in [0.5, 0.6) is 5.75 Å². The van der Waals surface area contributed by atoms with E-state index in [-0.39, 0.29) is 36.0 Å². The Morgan fingerprint density at radius 2 is 1.76 bits per heavy atom. The van der Waals surface area contributed by atoms with Crippen LogP contribution >= 0.6 is 0 Å². The van der Waals surface area contributed by atoms with E-state index >= 15 is 0 Å². The van der Waals surface area contributed by atoms with Crippen LogP contribution in [-0.4, -0.2) is 72.6 Å². The Hall–Kier alpha value is -3.31. The summed E-state index contributed by atoms with van der Waals surface area (Å²) in [7, 11) is -4.14. The van der Waals surface area contributed by atoms with Gasteiger partial charge in [-0.1, -0.05) is 48.5 Å². The van der Waals surface area contributed by atoms with Gasteiger partial charge in [-0.3, -0.25) is 9.69 Å². The number of halogens is 1. The number of fused-ring (bicyclic) bond motifs is 2. The average Bonchev–Trinajstić information content (AvgIpc) is 3.37. The van der Waals surface area contributed by atoms with Crippen LogP contribution in [0.1, 0.15) is 31.2 Å². The Kier molecular flexibility index (Phi) is 7.58. The molecule has 0 bridgehead atoms. The molecule has 3 aromatic rings. The lowest BCUT2D eigenvalue weighted by Gasteiger charge is -2.43. The zero-order valence-corrected chi connectivity index (χ0v) is 23.5. The molecule has 6 rings (SSSR count). The zero-order valence-electron chi connectivity index (χ0n) is 22.7. The van der Waals surface area contributed by atoms with Gasteiger partial charge >= 0.3 is 0 Å². The number of ether oxygens (including phenoxy) is 1. The van der Waals surface area contributed by atoms with Crippen LogP contribution < -0.4 is 10.1 Å². The smallest absolute Gasteiger partial charge is 0.247 e. The van der Waals surface area contributed by atoms with Gasteiger partial charge in [0, 0.05) is 44.6 Å². The highest BCUT2D eigenvalue weighted by atomic mass is 32.2. The molecule has 2 fully saturated rings. The van der Waals surface area contributed by atoms with Crippen molar-refractivity contribution in [1.82, 2.24) is 14.5 Å². The number of nitrogens with one attached hydrogen (secondary N) is 1. The predicted molar refractivity (Wildman–Crippen MR) is 152 cm³/mol. The van der Waals surface area contributed by atoms with E-state index in [1.54, 1.807) is 18.2 Å². The van der Waals surface area contributed by atoms with E-state index in [1.165, 1.54) is 18.2 Å². The molecular weight excluding hydrogens is 545 g/mol. The second-order valence-electron chi connectivity index (χ2n) is 11.3. The first-order chi connectivity index (χ1) is 19.7. The molecular formula is C31H34FN3O5S. The van der Waals surface area contributed by atoms with Crippen LogP contribution in [0.3, 0.4) is 0 Å². The third-order valence-corrected chi connectivity index (χ3v) is 10.4. The number of benzene rings is 3. The molecule has 216 valence electrons. The summed E-state index contributed by atoms with van der Waals surface area (Å²) in [6.07, 6.45) is 0.856. The van der Waals surface area contributed by atoms with Gasteiger partial charge in [0.05, 0.1) is 12.7 Å². The van der Waals surface area contributed by atoms with Gasteiger partial charge in [0.1, 0.15) is 22.5 Å². The van der Waals surface area contributed by atoms with E-state index in [9.17, 15) is 22.7 Å². The molecule has 1 amide bonds.